The van der Waals surface area contributed by atoms with E-state index in [9.17, 15) is 5.11 Å². The first-order chi connectivity index (χ1) is 6.65. The summed E-state index contributed by atoms with van der Waals surface area (Å²) in [6, 6.07) is 0. The Bertz CT molecular complexity index is 213. The molecule has 14 heavy (non-hydrogen) atoms. The van der Waals surface area contributed by atoms with E-state index in [1.54, 1.807) is 6.08 Å². The maximum absolute atomic E-state index is 9.30. The lowest BCUT2D eigenvalue weighted by molar-refractivity contribution is -0.118. The highest BCUT2D eigenvalue weighted by molar-refractivity contribution is 5.05. The molecule has 1 heterocycles. The van der Waals surface area contributed by atoms with Gasteiger partial charge in [-0.25, -0.2) is 0 Å². The van der Waals surface area contributed by atoms with E-state index in [4.69, 9.17) is 9.47 Å². The molecule has 0 aromatic rings. The van der Waals surface area contributed by atoms with Crippen LogP contribution in [0.4, 0.5) is 0 Å². The SMILES string of the molecule is C=C[C@@H]1CC(=C)C[C@@H](CC(O)OC)O1. The Labute approximate surface area is 85.0 Å². The van der Waals surface area contributed by atoms with Gasteiger partial charge in [0.25, 0.3) is 0 Å². The van der Waals surface area contributed by atoms with E-state index in [0.717, 1.165) is 18.4 Å². The molecule has 1 rings (SSSR count). The van der Waals surface area contributed by atoms with Crippen molar-refractivity contribution < 1.29 is 14.6 Å². The van der Waals surface area contributed by atoms with Gasteiger partial charge in [0.2, 0.25) is 0 Å². The van der Waals surface area contributed by atoms with Crippen LogP contribution in [0.15, 0.2) is 24.8 Å². The molecule has 0 aromatic heterocycles. The average Bonchev–Trinajstić information content (AvgIpc) is 2.16. The Morgan fingerprint density at radius 2 is 2.43 bits per heavy atom. The molecule has 3 atom stereocenters. The standard InChI is InChI=1S/C11H18O3/c1-4-9-5-8(2)6-10(14-9)7-11(12)13-3/h4,9-12H,1-2,5-7H2,3H3/t9-,10+,11?/m1/s1. The second-order valence-corrected chi connectivity index (χ2v) is 3.62. The van der Waals surface area contributed by atoms with Crippen LogP contribution in [0, 0.1) is 0 Å². The van der Waals surface area contributed by atoms with Gasteiger partial charge in [0.15, 0.2) is 6.29 Å². The van der Waals surface area contributed by atoms with Gasteiger partial charge in [-0.2, -0.15) is 0 Å². The lowest BCUT2D eigenvalue weighted by atomic mass is 9.97. The highest BCUT2D eigenvalue weighted by Gasteiger charge is 2.24. The van der Waals surface area contributed by atoms with E-state index < -0.39 is 6.29 Å². The quantitative estimate of drug-likeness (QED) is 0.551. The Balaban J connectivity index is 2.44. The highest BCUT2D eigenvalue weighted by atomic mass is 16.6. The van der Waals surface area contributed by atoms with Crippen LogP contribution in [-0.4, -0.2) is 30.7 Å². The maximum Gasteiger partial charge on any atom is 0.156 e. The molecule has 3 heteroatoms. The Morgan fingerprint density at radius 1 is 1.71 bits per heavy atom. The fourth-order valence-electron chi connectivity index (χ4n) is 1.63. The third-order valence-corrected chi connectivity index (χ3v) is 2.37. The van der Waals surface area contributed by atoms with E-state index in [0.29, 0.717) is 6.42 Å². The molecule has 0 amide bonds. The molecule has 1 N–H and O–H groups in total. The van der Waals surface area contributed by atoms with Crippen molar-refractivity contribution in [3.63, 3.8) is 0 Å². The van der Waals surface area contributed by atoms with Gasteiger partial charge in [-0.05, 0) is 12.8 Å². The molecule has 1 aliphatic heterocycles. The van der Waals surface area contributed by atoms with Crippen molar-refractivity contribution in [2.45, 2.75) is 37.8 Å². The molecule has 1 fully saturated rings. The van der Waals surface area contributed by atoms with E-state index in [2.05, 4.69) is 13.2 Å². The molecule has 0 aromatic carbocycles. The predicted molar refractivity (Wildman–Crippen MR) is 54.9 cm³/mol. The molecule has 1 aliphatic rings. The van der Waals surface area contributed by atoms with Gasteiger partial charge in [-0.15, -0.1) is 6.58 Å². The van der Waals surface area contributed by atoms with Crippen molar-refractivity contribution in [1.82, 2.24) is 0 Å². The number of hydrogen-bond donors (Lipinski definition) is 1. The van der Waals surface area contributed by atoms with Gasteiger partial charge < -0.3 is 14.6 Å². The normalized spacial score (nSPS) is 30.0. The summed E-state index contributed by atoms with van der Waals surface area (Å²) in [6.45, 7) is 7.64. The van der Waals surface area contributed by atoms with Crippen LogP contribution in [0.25, 0.3) is 0 Å². The topological polar surface area (TPSA) is 38.7 Å². The summed E-state index contributed by atoms with van der Waals surface area (Å²) in [6.07, 6.45) is 3.17. The second-order valence-electron chi connectivity index (χ2n) is 3.62. The van der Waals surface area contributed by atoms with Crippen molar-refractivity contribution in [2.24, 2.45) is 0 Å². The maximum atomic E-state index is 9.30. The predicted octanol–water partition coefficient (Wildman–Crippen LogP) is 1.63. The molecular weight excluding hydrogens is 180 g/mol. The monoisotopic (exact) mass is 198 g/mol. The third-order valence-electron chi connectivity index (χ3n) is 2.37. The van der Waals surface area contributed by atoms with Crippen molar-refractivity contribution in [1.29, 1.82) is 0 Å². The molecule has 0 radical (unpaired) electrons. The van der Waals surface area contributed by atoms with Gasteiger partial charge >= 0.3 is 0 Å². The summed E-state index contributed by atoms with van der Waals surface area (Å²) in [4.78, 5) is 0. The zero-order valence-corrected chi connectivity index (χ0v) is 8.61. The van der Waals surface area contributed by atoms with E-state index >= 15 is 0 Å². The van der Waals surface area contributed by atoms with Crippen molar-refractivity contribution in [3.8, 4) is 0 Å². The van der Waals surface area contributed by atoms with Gasteiger partial charge in [0.1, 0.15) is 0 Å². The molecular formula is C11H18O3. The van der Waals surface area contributed by atoms with Gasteiger partial charge in [-0.3, -0.25) is 0 Å². The second kappa shape index (κ2) is 5.29. The Hall–Kier alpha value is -0.640. The van der Waals surface area contributed by atoms with Crippen molar-refractivity contribution >= 4 is 0 Å². The molecule has 1 unspecified atom stereocenters. The first-order valence-corrected chi connectivity index (χ1v) is 4.81. The van der Waals surface area contributed by atoms with Crippen LogP contribution >= 0.6 is 0 Å². The van der Waals surface area contributed by atoms with Crippen molar-refractivity contribution in [2.75, 3.05) is 7.11 Å². The van der Waals surface area contributed by atoms with Crippen molar-refractivity contribution in [3.05, 3.63) is 24.8 Å². The van der Waals surface area contributed by atoms with E-state index in [-0.39, 0.29) is 12.2 Å². The number of hydrogen-bond acceptors (Lipinski definition) is 3. The van der Waals surface area contributed by atoms with Gasteiger partial charge in [-0.1, -0.05) is 18.2 Å². The zero-order valence-electron chi connectivity index (χ0n) is 8.61. The van der Waals surface area contributed by atoms with E-state index in [1.807, 2.05) is 0 Å². The fourth-order valence-corrected chi connectivity index (χ4v) is 1.63. The molecule has 0 bridgehead atoms. The minimum atomic E-state index is -0.753. The molecule has 0 aliphatic carbocycles. The highest BCUT2D eigenvalue weighted by Crippen LogP contribution is 2.26. The summed E-state index contributed by atoms with van der Waals surface area (Å²) in [7, 11) is 1.48. The molecule has 0 saturated carbocycles. The van der Waals surface area contributed by atoms with Crippen LogP contribution in [0.3, 0.4) is 0 Å². The van der Waals surface area contributed by atoms with Crippen LogP contribution in [0.1, 0.15) is 19.3 Å². The lowest BCUT2D eigenvalue weighted by Crippen LogP contribution is -2.31. The summed E-state index contributed by atoms with van der Waals surface area (Å²) in [5.74, 6) is 0. The first kappa shape index (κ1) is 11.4. The molecule has 0 spiro atoms. The number of methoxy groups -OCH3 is 1. The average molecular weight is 198 g/mol. The zero-order chi connectivity index (χ0) is 10.6. The number of aliphatic hydroxyl groups excluding tert-OH is 1. The number of ether oxygens (including phenoxy) is 2. The summed E-state index contributed by atoms with van der Waals surface area (Å²) < 4.78 is 10.4. The Morgan fingerprint density at radius 3 is 3.00 bits per heavy atom. The molecule has 1 saturated heterocycles. The Kier molecular flexibility index (Phi) is 4.32. The summed E-state index contributed by atoms with van der Waals surface area (Å²) in [5, 5.41) is 9.30. The first-order valence-electron chi connectivity index (χ1n) is 4.81. The lowest BCUT2D eigenvalue weighted by Gasteiger charge is -2.30. The molecule has 3 nitrogen and oxygen atoms in total. The van der Waals surface area contributed by atoms with Gasteiger partial charge in [0, 0.05) is 13.5 Å². The fraction of sp³-hybridized carbons (Fsp3) is 0.636. The van der Waals surface area contributed by atoms with Crippen LogP contribution in [0.2, 0.25) is 0 Å². The third kappa shape index (κ3) is 3.25. The largest absolute Gasteiger partial charge is 0.370 e. The van der Waals surface area contributed by atoms with Gasteiger partial charge in [0.05, 0.1) is 12.2 Å². The smallest absolute Gasteiger partial charge is 0.156 e. The van der Waals surface area contributed by atoms with Crippen LogP contribution in [-0.2, 0) is 9.47 Å². The minimum Gasteiger partial charge on any atom is -0.370 e. The van der Waals surface area contributed by atoms with Crippen LogP contribution in [0.5, 0.6) is 0 Å². The summed E-state index contributed by atoms with van der Waals surface area (Å²) >= 11 is 0. The van der Waals surface area contributed by atoms with Crippen LogP contribution < -0.4 is 0 Å². The molecule has 80 valence electrons. The number of rotatable bonds is 4. The minimum absolute atomic E-state index is 0.00537. The summed E-state index contributed by atoms with van der Waals surface area (Å²) in [5.41, 5.74) is 1.15. The number of aliphatic hydroxyl groups is 1. The van der Waals surface area contributed by atoms with E-state index in [1.165, 1.54) is 7.11 Å².